The summed E-state index contributed by atoms with van der Waals surface area (Å²) < 4.78 is 44.9. The number of halogens is 3. The molecular formula is C16H18F3N3O3. The van der Waals surface area contributed by atoms with Gasteiger partial charge in [0.2, 0.25) is 0 Å². The largest absolute Gasteiger partial charge is 0.495 e. The average Bonchev–Trinajstić information content (AvgIpc) is 2.58. The highest BCUT2D eigenvalue weighted by molar-refractivity contribution is 5.65. The van der Waals surface area contributed by atoms with Gasteiger partial charge >= 0.3 is 12.3 Å². The number of alkyl halides is 3. The quantitative estimate of drug-likeness (QED) is 0.895. The lowest BCUT2D eigenvalue weighted by molar-refractivity contribution is -0.194. The van der Waals surface area contributed by atoms with E-state index in [0.29, 0.717) is 17.7 Å². The zero-order chi connectivity index (χ0) is 18.6. The van der Waals surface area contributed by atoms with Gasteiger partial charge in [-0.3, -0.25) is 4.90 Å². The molecule has 1 amide bonds. The number of rotatable bonds is 4. The van der Waals surface area contributed by atoms with E-state index in [2.05, 4.69) is 0 Å². The Balaban J connectivity index is 2.08. The molecule has 1 aliphatic rings. The summed E-state index contributed by atoms with van der Waals surface area (Å²) in [5.74, 6) is 0.378. The van der Waals surface area contributed by atoms with Crippen molar-refractivity contribution >= 4 is 6.09 Å². The van der Waals surface area contributed by atoms with E-state index >= 15 is 0 Å². The first-order chi connectivity index (χ1) is 11.8. The van der Waals surface area contributed by atoms with Gasteiger partial charge in [0.25, 0.3) is 0 Å². The van der Waals surface area contributed by atoms with Gasteiger partial charge in [-0.05, 0) is 24.1 Å². The molecule has 6 nitrogen and oxygen atoms in total. The van der Waals surface area contributed by atoms with Crippen LogP contribution < -0.4 is 4.74 Å². The molecule has 25 heavy (non-hydrogen) atoms. The molecule has 1 aromatic rings. The van der Waals surface area contributed by atoms with E-state index in [4.69, 9.17) is 15.1 Å². The third-order valence-electron chi connectivity index (χ3n) is 4.21. The van der Waals surface area contributed by atoms with Crippen LogP contribution in [0.2, 0.25) is 0 Å². The molecular weight excluding hydrogens is 339 g/mol. The average molecular weight is 357 g/mol. The van der Waals surface area contributed by atoms with E-state index in [1.54, 1.807) is 18.2 Å². The molecule has 1 N–H and O–H groups in total. The van der Waals surface area contributed by atoms with Crippen LogP contribution in [0, 0.1) is 11.3 Å². The summed E-state index contributed by atoms with van der Waals surface area (Å²) >= 11 is 0. The predicted octanol–water partition coefficient (Wildman–Crippen LogP) is 2.34. The summed E-state index contributed by atoms with van der Waals surface area (Å²) in [5, 5.41) is 17.9. The van der Waals surface area contributed by atoms with E-state index in [1.807, 2.05) is 6.07 Å². The van der Waals surface area contributed by atoms with Crippen LogP contribution in [0.5, 0.6) is 5.75 Å². The molecule has 1 atom stereocenters. The van der Waals surface area contributed by atoms with Crippen molar-refractivity contribution in [3.05, 3.63) is 29.3 Å². The Morgan fingerprint density at radius 2 is 2.16 bits per heavy atom. The maximum absolute atomic E-state index is 13.3. The zero-order valence-electron chi connectivity index (χ0n) is 13.6. The van der Waals surface area contributed by atoms with Crippen molar-refractivity contribution in [2.24, 2.45) is 0 Å². The van der Waals surface area contributed by atoms with E-state index in [-0.39, 0.29) is 19.6 Å². The number of methoxy groups -OCH3 is 1. The fourth-order valence-electron chi connectivity index (χ4n) is 2.83. The first kappa shape index (κ1) is 18.9. The van der Waals surface area contributed by atoms with Crippen molar-refractivity contribution in [3.63, 3.8) is 0 Å². The van der Waals surface area contributed by atoms with Crippen LogP contribution in [0.4, 0.5) is 18.0 Å². The van der Waals surface area contributed by atoms with Crippen LogP contribution in [0.25, 0.3) is 0 Å². The zero-order valence-corrected chi connectivity index (χ0v) is 13.6. The number of nitriles is 1. The van der Waals surface area contributed by atoms with Crippen LogP contribution in [-0.2, 0) is 6.42 Å². The summed E-state index contributed by atoms with van der Waals surface area (Å²) in [5.41, 5.74) is 1.10. The molecule has 9 heteroatoms. The highest BCUT2D eigenvalue weighted by Crippen LogP contribution is 2.28. The SMILES string of the molecule is COc1cc(CCN2CCN(C(=O)O)CC2C(F)(F)F)ccc1C#N. The van der Waals surface area contributed by atoms with Gasteiger partial charge in [-0.15, -0.1) is 0 Å². The number of carboxylic acid groups (broad SMARTS) is 1. The molecule has 0 spiro atoms. The van der Waals surface area contributed by atoms with E-state index < -0.39 is 24.9 Å². The Morgan fingerprint density at radius 3 is 2.72 bits per heavy atom. The van der Waals surface area contributed by atoms with Crippen molar-refractivity contribution < 1.29 is 27.8 Å². The maximum Gasteiger partial charge on any atom is 0.407 e. The molecule has 0 bridgehead atoms. The van der Waals surface area contributed by atoms with Crippen molar-refractivity contribution in [2.75, 3.05) is 33.3 Å². The second-order valence-electron chi connectivity index (χ2n) is 5.72. The fraction of sp³-hybridized carbons (Fsp3) is 0.500. The van der Waals surface area contributed by atoms with Crippen LogP contribution in [0.1, 0.15) is 11.1 Å². The fourth-order valence-corrected chi connectivity index (χ4v) is 2.83. The van der Waals surface area contributed by atoms with Crippen LogP contribution in [0.15, 0.2) is 18.2 Å². The first-order valence-electron chi connectivity index (χ1n) is 7.62. The standard InChI is InChI=1S/C16H18F3N3O3/c1-25-13-8-11(2-3-12(13)9-20)4-5-21-6-7-22(15(23)24)10-14(21)16(17,18)19/h2-3,8,14H,4-7,10H2,1H3,(H,23,24). The number of piperazine rings is 1. The summed E-state index contributed by atoms with van der Waals surface area (Å²) in [6.45, 7) is -0.398. The Morgan fingerprint density at radius 1 is 1.44 bits per heavy atom. The minimum absolute atomic E-state index is 0.0177. The topological polar surface area (TPSA) is 76.8 Å². The molecule has 1 unspecified atom stereocenters. The highest BCUT2D eigenvalue weighted by atomic mass is 19.4. The number of hydrogen-bond acceptors (Lipinski definition) is 4. The van der Waals surface area contributed by atoms with Gasteiger partial charge in [-0.2, -0.15) is 18.4 Å². The summed E-state index contributed by atoms with van der Waals surface area (Å²) in [6, 6.07) is 5.03. The molecule has 136 valence electrons. The Kier molecular flexibility index (Phi) is 5.74. The van der Waals surface area contributed by atoms with Crippen molar-refractivity contribution in [2.45, 2.75) is 18.6 Å². The van der Waals surface area contributed by atoms with Gasteiger partial charge in [0.15, 0.2) is 0 Å². The lowest BCUT2D eigenvalue weighted by atomic mass is 10.1. The molecule has 0 saturated carbocycles. The number of amides is 1. The maximum atomic E-state index is 13.3. The van der Waals surface area contributed by atoms with Gasteiger partial charge in [-0.1, -0.05) is 6.07 Å². The molecule has 1 fully saturated rings. The van der Waals surface area contributed by atoms with Gasteiger partial charge in [-0.25, -0.2) is 4.79 Å². The molecule has 0 radical (unpaired) electrons. The van der Waals surface area contributed by atoms with Crippen molar-refractivity contribution in [3.8, 4) is 11.8 Å². The third kappa shape index (κ3) is 4.54. The normalized spacial score (nSPS) is 18.7. The smallest absolute Gasteiger partial charge is 0.407 e. The molecule has 0 aromatic heterocycles. The van der Waals surface area contributed by atoms with Gasteiger partial charge in [0, 0.05) is 26.2 Å². The number of carbonyl (C=O) groups is 1. The number of ether oxygens (including phenoxy) is 1. The van der Waals surface area contributed by atoms with Gasteiger partial charge in [0.05, 0.1) is 12.7 Å². The number of benzene rings is 1. The monoisotopic (exact) mass is 357 g/mol. The Bertz CT molecular complexity index is 673. The lowest BCUT2D eigenvalue weighted by Crippen LogP contribution is -2.60. The minimum Gasteiger partial charge on any atom is -0.495 e. The number of hydrogen-bond donors (Lipinski definition) is 1. The molecule has 1 saturated heterocycles. The van der Waals surface area contributed by atoms with E-state index in [0.717, 1.165) is 10.5 Å². The second-order valence-corrected chi connectivity index (χ2v) is 5.72. The van der Waals surface area contributed by atoms with Crippen molar-refractivity contribution in [1.82, 2.24) is 9.80 Å². The predicted molar refractivity (Wildman–Crippen MR) is 82.4 cm³/mol. The van der Waals surface area contributed by atoms with Crippen LogP contribution in [0.3, 0.4) is 0 Å². The second kappa shape index (κ2) is 7.61. The Hall–Kier alpha value is -2.47. The summed E-state index contributed by atoms with van der Waals surface area (Å²) in [7, 11) is 1.42. The molecule has 1 aliphatic heterocycles. The summed E-state index contributed by atoms with van der Waals surface area (Å²) in [6.07, 6.45) is -5.51. The van der Waals surface area contributed by atoms with Crippen LogP contribution in [-0.4, -0.2) is 66.5 Å². The van der Waals surface area contributed by atoms with E-state index in [1.165, 1.54) is 12.0 Å². The molecule has 1 aromatic carbocycles. The Labute approximate surface area is 143 Å². The van der Waals surface area contributed by atoms with E-state index in [9.17, 15) is 18.0 Å². The first-order valence-corrected chi connectivity index (χ1v) is 7.62. The van der Waals surface area contributed by atoms with Gasteiger partial charge in [0.1, 0.15) is 17.9 Å². The minimum atomic E-state index is -4.50. The highest BCUT2D eigenvalue weighted by Gasteiger charge is 2.47. The third-order valence-corrected chi connectivity index (χ3v) is 4.21. The lowest BCUT2D eigenvalue weighted by Gasteiger charge is -2.41. The summed E-state index contributed by atoms with van der Waals surface area (Å²) in [4.78, 5) is 13.0. The molecule has 1 heterocycles. The van der Waals surface area contributed by atoms with Gasteiger partial charge < -0.3 is 14.7 Å². The van der Waals surface area contributed by atoms with Crippen LogP contribution >= 0.6 is 0 Å². The number of nitrogens with zero attached hydrogens (tertiary/aromatic N) is 3. The van der Waals surface area contributed by atoms with Crippen molar-refractivity contribution in [1.29, 1.82) is 5.26 Å². The molecule has 2 rings (SSSR count). The molecule has 0 aliphatic carbocycles.